The minimum Gasteiger partial charge on any atom is -0.444 e. The van der Waals surface area contributed by atoms with E-state index in [9.17, 15) is 14.4 Å². The fourth-order valence-corrected chi connectivity index (χ4v) is 3.91. The molecule has 3 rings (SSSR count). The molecule has 0 bridgehead atoms. The van der Waals surface area contributed by atoms with Crippen molar-refractivity contribution < 1.29 is 19.1 Å². The van der Waals surface area contributed by atoms with Gasteiger partial charge >= 0.3 is 6.09 Å². The minimum atomic E-state index is -0.521. The number of rotatable bonds is 6. The number of carbonyl (C=O) groups is 3. The van der Waals surface area contributed by atoms with Gasteiger partial charge in [-0.25, -0.2) is 4.79 Å². The number of unbranched alkanes of at least 4 members (excludes halogenated alkanes) is 1. The second kappa shape index (κ2) is 11.7. The topological polar surface area (TPSA) is 103 Å². The molecule has 0 saturated carbocycles. The average Bonchev–Trinajstić information content (AvgIpc) is 3.27. The largest absolute Gasteiger partial charge is 0.444 e. The van der Waals surface area contributed by atoms with E-state index in [2.05, 4.69) is 20.5 Å². The van der Waals surface area contributed by atoms with Gasteiger partial charge in [-0.1, -0.05) is 12.1 Å². The monoisotopic (exact) mass is 571 g/mol. The van der Waals surface area contributed by atoms with E-state index in [1.807, 2.05) is 20.8 Å². The third-order valence-corrected chi connectivity index (χ3v) is 5.39. The lowest BCUT2D eigenvalue weighted by molar-refractivity contribution is 0.0506. The third-order valence-electron chi connectivity index (χ3n) is 5.39. The Balaban J connectivity index is 0.00000385. The highest BCUT2D eigenvalue weighted by Crippen LogP contribution is 2.22. The van der Waals surface area contributed by atoms with Crippen LogP contribution in [0, 0.1) is 0 Å². The highest BCUT2D eigenvalue weighted by atomic mass is 127. The molecule has 0 aromatic heterocycles. The molecular formula is C23H34IN5O4. The SMILES string of the molecule is CN=C(NCCCCN1C(=O)c2ccccc2C1=O)N1CCC(NC(=O)OC(C)(C)C)C1.I. The molecule has 1 fully saturated rings. The number of hydrogen-bond acceptors (Lipinski definition) is 5. The summed E-state index contributed by atoms with van der Waals surface area (Å²) >= 11 is 0. The Morgan fingerprint density at radius 3 is 2.36 bits per heavy atom. The molecule has 1 aromatic carbocycles. The molecule has 2 N–H and O–H groups in total. The lowest BCUT2D eigenvalue weighted by atomic mass is 10.1. The number of ether oxygens (including phenoxy) is 1. The van der Waals surface area contributed by atoms with Crippen LogP contribution in [-0.4, -0.2) is 78.5 Å². The summed E-state index contributed by atoms with van der Waals surface area (Å²) in [6, 6.07) is 6.95. The molecule has 1 unspecified atom stereocenters. The first-order valence-electron chi connectivity index (χ1n) is 11.1. The normalized spacial score (nSPS) is 18.2. The number of nitrogens with one attached hydrogen (secondary N) is 2. The van der Waals surface area contributed by atoms with Crippen molar-refractivity contribution in [2.24, 2.45) is 4.99 Å². The number of halogens is 1. The van der Waals surface area contributed by atoms with Crippen molar-refractivity contribution in [3.8, 4) is 0 Å². The first-order valence-corrected chi connectivity index (χ1v) is 11.1. The van der Waals surface area contributed by atoms with Gasteiger partial charge in [-0.3, -0.25) is 19.5 Å². The van der Waals surface area contributed by atoms with Crippen molar-refractivity contribution in [3.63, 3.8) is 0 Å². The van der Waals surface area contributed by atoms with E-state index < -0.39 is 11.7 Å². The van der Waals surface area contributed by atoms with E-state index in [0.29, 0.717) is 37.2 Å². The number of imide groups is 1. The summed E-state index contributed by atoms with van der Waals surface area (Å²) in [6.45, 7) is 8.05. The Morgan fingerprint density at radius 2 is 1.79 bits per heavy atom. The fraction of sp³-hybridized carbons (Fsp3) is 0.565. The maximum absolute atomic E-state index is 12.4. The second-order valence-corrected chi connectivity index (χ2v) is 9.07. The zero-order valence-corrected chi connectivity index (χ0v) is 22.0. The van der Waals surface area contributed by atoms with E-state index in [0.717, 1.165) is 25.3 Å². The van der Waals surface area contributed by atoms with Gasteiger partial charge in [-0.15, -0.1) is 24.0 Å². The number of hydrogen-bond donors (Lipinski definition) is 2. The summed E-state index contributed by atoms with van der Waals surface area (Å²) in [5, 5.41) is 6.24. The van der Waals surface area contributed by atoms with Gasteiger partial charge in [0, 0.05) is 33.2 Å². The Bertz CT molecular complexity index is 864. The standard InChI is InChI=1S/C23H33N5O4.HI/c1-23(2,3)32-22(31)26-16-11-14-27(15-16)21(24-4)25-12-7-8-13-28-19(29)17-9-5-6-10-18(17)20(28)30;/h5-6,9-10,16H,7-8,11-15H2,1-4H3,(H,24,25)(H,26,31);1H. The number of fused-ring (bicyclic) bond motifs is 1. The van der Waals surface area contributed by atoms with Crippen LogP contribution in [0.3, 0.4) is 0 Å². The van der Waals surface area contributed by atoms with Crippen molar-refractivity contribution in [1.29, 1.82) is 0 Å². The van der Waals surface area contributed by atoms with E-state index >= 15 is 0 Å². The highest BCUT2D eigenvalue weighted by Gasteiger charge is 2.34. The predicted octanol–water partition coefficient (Wildman–Crippen LogP) is 2.86. The van der Waals surface area contributed by atoms with Crippen molar-refractivity contribution in [3.05, 3.63) is 35.4 Å². The van der Waals surface area contributed by atoms with Crippen LogP contribution in [0.5, 0.6) is 0 Å². The number of guanidine groups is 1. The lowest BCUT2D eigenvalue weighted by Gasteiger charge is -2.23. The molecule has 10 heteroatoms. The van der Waals surface area contributed by atoms with Gasteiger partial charge in [0.1, 0.15) is 5.60 Å². The number of alkyl carbamates (subject to hydrolysis) is 1. The quantitative estimate of drug-likeness (QED) is 0.179. The van der Waals surface area contributed by atoms with E-state index in [-0.39, 0.29) is 41.8 Å². The summed E-state index contributed by atoms with van der Waals surface area (Å²) in [7, 11) is 1.73. The first kappa shape index (κ1) is 26.9. The number of carbonyl (C=O) groups excluding carboxylic acids is 3. The molecule has 2 heterocycles. The van der Waals surface area contributed by atoms with E-state index in [1.165, 1.54) is 4.90 Å². The molecule has 33 heavy (non-hydrogen) atoms. The van der Waals surface area contributed by atoms with Crippen LogP contribution in [0.2, 0.25) is 0 Å². The zero-order chi connectivity index (χ0) is 23.3. The lowest BCUT2D eigenvalue weighted by Crippen LogP contribution is -2.44. The Hall–Kier alpha value is -2.37. The molecular weight excluding hydrogens is 537 g/mol. The van der Waals surface area contributed by atoms with Crippen molar-refractivity contribution in [2.45, 2.75) is 51.7 Å². The summed E-state index contributed by atoms with van der Waals surface area (Å²) in [6.07, 6.45) is 1.91. The molecule has 1 atom stereocenters. The first-order chi connectivity index (χ1) is 15.2. The molecule has 9 nitrogen and oxygen atoms in total. The van der Waals surface area contributed by atoms with Crippen LogP contribution in [0.25, 0.3) is 0 Å². The van der Waals surface area contributed by atoms with Gasteiger partial charge < -0.3 is 20.3 Å². The molecule has 0 aliphatic carbocycles. The van der Waals surface area contributed by atoms with Gasteiger partial charge in [0.25, 0.3) is 11.8 Å². The maximum atomic E-state index is 12.4. The maximum Gasteiger partial charge on any atom is 0.407 e. The van der Waals surface area contributed by atoms with Crippen LogP contribution in [-0.2, 0) is 4.74 Å². The fourth-order valence-electron chi connectivity index (χ4n) is 3.91. The molecule has 182 valence electrons. The van der Waals surface area contributed by atoms with Crippen molar-refractivity contribution >= 4 is 47.8 Å². The molecule has 0 radical (unpaired) electrons. The summed E-state index contributed by atoms with van der Waals surface area (Å²) < 4.78 is 5.33. The van der Waals surface area contributed by atoms with Gasteiger partial charge in [0.05, 0.1) is 17.2 Å². The average molecular weight is 571 g/mol. The second-order valence-electron chi connectivity index (χ2n) is 9.07. The van der Waals surface area contributed by atoms with Gasteiger partial charge in [-0.05, 0) is 52.2 Å². The summed E-state index contributed by atoms with van der Waals surface area (Å²) in [5.41, 5.74) is 0.451. The zero-order valence-electron chi connectivity index (χ0n) is 19.7. The number of benzene rings is 1. The highest BCUT2D eigenvalue weighted by molar-refractivity contribution is 14.0. The minimum absolute atomic E-state index is 0. The molecule has 2 aliphatic rings. The van der Waals surface area contributed by atoms with E-state index in [1.54, 1.807) is 31.3 Å². The molecule has 0 spiro atoms. The van der Waals surface area contributed by atoms with Crippen LogP contribution in [0.1, 0.15) is 60.7 Å². The summed E-state index contributed by atoms with van der Waals surface area (Å²) in [5.74, 6) is 0.351. The van der Waals surface area contributed by atoms with Gasteiger partial charge in [-0.2, -0.15) is 0 Å². The Kier molecular flexibility index (Phi) is 9.50. The molecule has 2 aliphatic heterocycles. The van der Waals surface area contributed by atoms with E-state index in [4.69, 9.17) is 4.74 Å². The number of nitrogens with zero attached hydrogens (tertiary/aromatic N) is 3. The van der Waals surface area contributed by atoms with Crippen LogP contribution < -0.4 is 10.6 Å². The predicted molar refractivity (Wildman–Crippen MR) is 137 cm³/mol. The number of amides is 3. The van der Waals surface area contributed by atoms with Crippen LogP contribution >= 0.6 is 24.0 Å². The van der Waals surface area contributed by atoms with Crippen molar-refractivity contribution in [2.75, 3.05) is 33.2 Å². The smallest absolute Gasteiger partial charge is 0.407 e. The molecule has 1 aromatic rings. The Morgan fingerprint density at radius 1 is 1.15 bits per heavy atom. The van der Waals surface area contributed by atoms with Crippen molar-refractivity contribution in [1.82, 2.24) is 20.4 Å². The molecule has 1 saturated heterocycles. The Labute approximate surface area is 212 Å². The number of likely N-dealkylation sites (tertiary alicyclic amines) is 1. The van der Waals surface area contributed by atoms with Crippen LogP contribution in [0.15, 0.2) is 29.3 Å². The number of aliphatic imine (C=N–C) groups is 1. The molecule has 3 amide bonds. The third kappa shape index (κ3) is 7.05. The van der Waals surface area contributed by atoms with Crippen LogP contribution in [0.4, 0.5) is 4.79 Å². The van der Waals surface area contributed by atoms with Gasteiger partial charge in [0.2, 0.25) is 0 Å². The van der Waals surface area contributed by atoms with Gasteiger partial charge in [0.15, 0.2) is 5.96 Å². The summed E-state index contributed by atoms with van der Waals surface area (Å²) in [4.78, 5) is 44.6.